The summed E-state index contributed by atoms with van der Waals surface area (Å²) < 4.78 is 14.0. The van der Waals surface area contributed by atoms with Gasteiger partial charge in [-0.1, -0.05) is 17.7 Å². The first kappa shape index (κ1) is 17.5. The Hall–Kier alpha value is -2.34. The lowest BCUT2D eigenvalue weighted by molar-refractivity contribution is -0.130. The Morgan fingerprint density at radius 1 is 1.12 bits per heavy atom. The van der Waals surface area contributed by atoms with Crippen LogP contribution in [0.25, 0.3) is 0 Å². The van der Waals surface area contributed by atoms with Crippen LogP contribution < -0.4 is 0 Å². The molecule has 132 valence electrons. The molecule has 1 saturated heterocycles. The van der Waals surface area contributed by atoms with E-state index in [1.165, 1.54) is 18.2 Å². The first-order valence-corrected chi connectivity index (χ1v) is 8.57. The van der Waals surface area contributed by atoms with Gasteiger partial charge in [0.05, 0.1) is 17.0 Å². The van der Waals surface area contributed by atoms with Gasteiger partial charge in [-0.25, -0.2) is 4.39 Å². The molecule has 3 rings (SSSR count). The molecule has 0 atom stereocenters. The zero-order valence-electron chi connectivity index (χ0n) is 13.7. The Kier molecular flexibility index (Phi) is 5.38. The SMILES string of the molecule is O=C(Cc1cc[nH]c1)N1CCCN(C(=O)c2c(F)cccc2Cl)CC1. The lowest BCUT2D eigenvalue weighted by atomic mass is 10.1. The lowest BCUT2D eigenvalue weighted by Crippen LogP contribution is -2.38. The minimum atomic E-state index is -0.623. The normalized spacial score (nSPS) is 15.1. The fourth-order valence-electron chi connectivity index (χ4n) is 2.98. The monoisotopic (exact) mass is 363 g/mol. The molecular formula is C18H19ClFN3O2. The van der Waals surface area contributed by atoms with E-state index >= 15 is 0 Å². The predicted octanol–water partition coefficient (Wildman–Crippen LogP) is 2.72. The Bertz CT molecular complexity index is 743. The van der Waals surface area contributed by atoms with Gasteiger partial charge in [0.2, 0.25) is 5.91 Å². The van der Waals surface area contributed by atoms with E-state index in [1.54, 1.807) is 22.2 Å². The molecule has 0 spiro atoms. The van der Waals surface area contributed by atoms with E-state index in [1.807, 2.05) is 6.07 Å². The van der Waals surface area contributed by atoms with Crippen molar-refractivity contribution in [3.8, 4) is 0 Å². The van der Waals surface area contributed by atoms with Crippen LogP contribution in [-0.4, -0.2) is 52.8 Å². The average Bonchev–Trinajstić information content (AvgIpc) is 2.95. The third-order valence-corrected chi connectivity index (χ3v) is 4.65. The zero-order valence-corrected chi connectivity index (χ0v) is 14.4. The maximum atomic E-state index is 14.0. The van der Waals surface area contributed by atoms with Gasteiger partial charge in [0, 0.05) is 38.6 Å². The summed E-state index contributed by atoms with van der Waals surface area (Å²) in [5.41, 5.74) is 0.830. The van der Waals surface area contributed by atoms with Crippen LogP contribution in [-0.2, 0) is 11.2 Å². The van der Waals surface area contributed by atoms with Gasteiger partial charge in [-0.15, -0.1) is 0 Å². The van der Waals surface area contributed by atoms with Gasteiger partial charge in [0.15, 0.2) is 0 Å². The molecule has 1 fully saturated rings. The maximum Gasteiger partial charge on any atom is 0.258 e. The largest absolute Gasteiger partial charge is 0.367 e. The number of nitrogens with zero attached hydrogens (tertiary/aromatic N) is 2. The fraction of sp³-hybridized carbons (Fsp3) is 0.333. The smallest absolute Gasteiger partial charge is 0.258 e. The topological polar surface area (TPSA) is 56.4 Å². The van der Waals surface area contributed by atoms with Crippen LogP contribution in [0.5, 0.6) is 0 Å². The van der Waals surface area contributed by atoms with Crippen molar-refractivity contribution in [1.82, 2.24) is 14.8 Å². The summed E-state index contributed by atoms with van der Waals surface area (Å²) in [6.45, 7) is 1.85. The highest BCUT2D eigenvalue weighted by Crippen LogP contribution is 2.21. The number of aromatic amines is 1. The molecule has 1 aromatic carbocycles. The molecule has 2 aromatic rings. The Morgan fingerprint density at radius 2 is 1.88 bits per heavy atom. The highest BCUT2D eigenvalue weighted by Gasteiger charge is 2.26. The first-order valence-electron chi connectivity index (χ1n) is 8.19. The second-order valence-electron chi connectivity index (χ2n) is 6.02. The zero-order chi connectivity index (χ0) is 17.8. The number of hydrogen-bond donors (Lipinski definition) is 1. The van der Waals surface area contributed by atoms with Crippen LogP contribution in [0, 0.1) is 5.82 Å². The van der Waals surface area contributed by atoms with E-state index in [2.05, 4.69) is 4.98 Å². The molecule has 1 N–H and O–H groups in total. The molecule has 2 amide bonds. The van der Waals surface area contributed by atoms with Gasteiger partial charge in [-0.05, 0) is 30.2 Å². The highest BCUT2D eigenvalue weighted by molar-refractivity contribution is 6.33. The van der Waals surface area contributed by atoms with E-state index in [9.17, 15) is 14.0 Å². The van der Waals surface area contributed by atoms with E-state index in [4.69, 9.17) is 11.6 Å². The van der Waals surface area contributed by atoms with Crippen LogP contribution in [0.3, 0.4) is 0 Å². The first-order chi connectivity index (χ1) is 12.1. The number of aromatic nitrogens is 1. The second-order valence-corrected chi connectivity index (χ2v) is 6.43. The molecule has 0 aliphatic carbocycles. The molecule has 25 heavy (non-hydrogen) atoms. The van der Waals surface area contributed by atoms with Crippen molar-refractivity contribution in [3.63, 3.8) is 0 Å². The van der Waals surface area contributed by atoms with Crippen molar-refractivity contribution in [1.29, 1.82) is 0 Å². The summed E-state index contributed by atoms with van der Waals surface area (Å²) >= 11 is 5.99. The van der Waals surface area contributed by atoms with Crippen LogP contribution >= 0.6 is 11.6 Å². The number of rotatable bonds is 3. The van der Waals surface area contributed by atoms with Crippen molar-refractivity contribution in [2.24, 2.45) is 0 Å². The number of carbonyl (C=O) groups is 2. The van der Waals surface area contributed by atoms with Crippen LogP contribution in [0.2, 0.25) is 5.02 Å². The fourth-order valence-corrected chi connectivity index (χ4v) is 3.23. The summed E-state index contributed by atoms with van der Waals surface area (Å²) in [6, 6.07) is 6.07. The Labute approximate surface area is 150 Å². The molecule has 0 saturated carbocycles. The van der Waals surface area contributed by atoms with Crippen molar-refractivity contribution >= 4 is 23.4 Å². The van der Waals surface area contributed by atoms with Crippen molar-refractivity contribution in [3.05, 3.63) is 58.6 Å². The average molecular weight is 364 g/mol. The van der Waals surface area contributed by atoms with Crippen molar-refractivity contribution in [2.75, 3.05) is 26.2 Å². The maximum absolute atomic E-state index is 14.0. The summed E-state index contributed by atoms with van der Waals surface area (Å²) in [5, 5.41) is 0.106. The molecule has 0 unspecified atom stereocenters. The number of benzene rings is 1. The van der Waals surface area contributed by atoms with Gasteiger partial charge in [-0.3, -0.25) is 9.59 Å². The second kappa shape index (κ2) is 7.70. The summed E-state index contributed by atoms with van der Waals surface area (Å²) in [7, 11) is 0. The number of H-pyrrole nitrogens is 1. The van der Waals surface area contributed by atoms with Crippen LogP contribution in [0.15, 0.2) is 36.7 Å². The number of nitrogens with one attached hydrogen (secondary N) is 1. The van der Waals surface area contributed by atoms with Gasteiger partial charge in [0.1, 0.15) is 5.82 Å². The van der Waals surface area contributed by atoms with Crippen LogP contribution in [0.4, 0.5) is 4.39 Å². The number of halogens is 2. The molecule has 1 aromatic heterocycles. The number of amides is 2. The number of hydrogen-bond acceptors (Lipinski definition) is 2. The van der Waals surface area contributed by atoms with Crippen LogP contribution in [0.1, 0.15) is 22.3 Å². The summed E-state index contributed by atoms with van der Waals surface area (Å²) in [4.78, 5) is 31.3. The van der Waals surface area contributed by atoms with E-state index in [0.29, 0.717) is 39.0 Å². The van der Waals surface area contributed by atoms with Crippen molar-refractivity contribution < 1.29 is 14.0 Å². The Balaban J connectivity index is 1.65. The van der Waals surface area contributed by atoms with E-state index in [-0.39, 0.29) is 16.5 Å². The van der Waals surface area contributed by atoms with E-state index < -0.39 is 11.7 Å². The number of carbonyl (C=O) groups excluding carboxylic acids is 2. The van der Waals surface area contributed by atoms with Crippen molar-refractivity contribution in [2.45, 2.75) is 12.8 Å². The summed E-state index contributed by atoms with van der Waals surface area (Å²) in [5.74, 6) is -1.03. The quantitative estimate of drug-likeness (QED) is 0.911. The lowest BCUT2D eigenvalue weighted by Gasteiger charge is -2.22. The predicted molar refractivity (Wildman–Crippen MR) is 93.0 cm³/mol. The van der Waals surface area contributed by atoms with Gasteiger partial charge >= 0.3 is 0 Å². The molecule has 5 nitrogen and oxygen atoms in total. The van der Waals surface area contributed by atoms with Gasteiger partial charge in [-0.2, -0.15) is 0 Å². The molecule has 1 aliphatic rings. The van der Waals surface area contributed by atoms with Gasteiger partial charge < -0.3 is 14.8 Å². The van der Waals surface area contributed by atoms with E-state index in [0.717, 1.165) is 5.56 Å². The molecular weight excluding hydrogens is 345 g/mol. The molecule has 0 radical (unpaired) electrons. The minimum absolute atomic E-state index is 0.0258. The minimum Gasteiger partial charge on any atom is -0.367 e. The summed E-state index contributed by atoms with van der Waals surface area (Å²) in [6.07, 6.45) is 4.56. The standard InChI is InChI=1S/C18H19ClFN3O2/c19-14-3-1-4-15(20)17(14)18(25)23-8-2-7-22(9-10-23)16(24)11-13-5-6-21-12-13/h1,3-6,12,21H,2,7-11H2. The molecule has 2 heterocycles. The third-order valence-electron chi connectivity index (χ3n) is 4.33. The van der Waals surface area contributed by atoms with Gasteiger partial charge in [0.25, 0.3) is 5.91 Å². The molecule has 1 aliphatic heterocycles. The molecule has 0 bridgehead atoms. The highest BCUT2D eigenvalue weighted by atomic mass is 35.5. The molecule has 7 heteroatoms. The Morgan fingerprint density at radius 3 is 2.60 bits per heavy atom. The third kappa shape index (κ3) is 4.02.